The highest BCUT2D eigenvalue weighted by Crippen LogP contribution is 2.22. The lowest BCUT2D eigenvalue weighted by molar-refractivity contribution is 0.0176. The Morgan fingerprint density at radius 1 is 1.32 bits per heavy atom. The van der Waals surface area contributed by atoms with Crippen molar-refractivity contribution in [3.8, 4) is 0 Å². The van der Waals surface area contributed by atoms with Gasteiger partial charge in [0, 0.05) is 30.9 Å². The van der Waals surface area contributed by atoms with Crippen molar-refractivity contribution in [1.82, 2.24) is 5.32 Å². The zero-order valence-electron chi connectivity index (χ0n) is 11.6. The highest BCUT2D eigenvalue weighted by Gasteiger charge is 2.30. The summed E-state index contributed by atoms with van der Waals surface area (Å²) in [5, 5.41) is 6.31. The van der Waals surface area contributed by atoms with E-state index in [1.807, 2.05) is 24.3 Å². The van der Waals surface area contributed by atoms with E-state index >= 15 is 0 Å². The fourth-order valence-corrected chi connectivity index (χ4v) is 2.15. The summed E-state index contributed by atoms with van der Waals surface area (Å²) in [5.41, 5.74) is 1.77. The van der Waals surface area contributed by atoms with Crippen LogP contribution in [0.25, 0.3) is 0 Å². The summed E-state index contributed by atoms with van der Waals surface area (Å²) in [7, 11) is 1.71. The second kappa shape index (κ2) is 6.57. The predicted octanol–water partition coefficient (Wildman–Crippen LogP) is 2.42. The molecule has 1 fully saturated rings. The minimum atomic E-state index is 0.00148. The van der Waals surface area contributed by atoms with E-state index in [1.165, 1.54) is 0 Å². The van der Waals surface area contributed by atoms with Crippen LogP contribution in [-0.2, 0) is 4.74 Å². The minimum absolute atomic E-state index is 0.00148. The van der Waals surface area contributed by atoms with Crippen molar-refractivity contribution in [2.24, 2.45) is 0 Å². The Kier molecular flexibility index (Phi) is 4.80. The fraction of sp³-hybridized carbons (Fsp3) is 0.533. The first-order valence-corrected chi connectivity index (χ1v) is 6.90. The number of methoxy groups -OCH3 is 1. The Labute approximate surface area is 114 Å². The maximum Gasteiger partial charge on any atom is 0.251 e. The summed E-state index contributed by atoms with van der Waals surface area (Å²) in [6, 6.07) is 7.88. The monoisotopic (exact) mass is 262 g/mol. The van der Waals surface area contributed by atoms with Crippen molar-refractivity contribution < 1.29 is 9.53 Å². The minimum Gasteiger partial charge on any atom is -0.385 e. The summed E-state index contributed by atoms with van der Waals surface area (Å²) in [5.74, 6) is 0.00148. The fourth-order valence-electron chi connectivity index (χ4n) is 2.15. The molecular formula is C15H22N2O2. The normalized spacial score (nSPS) is 21.6. The number of carbonyl (C=O) groups excluding carboxylic acids is 1. The molecule has 2 rings (SSSR count). The first kappa shape index (κ1) is 13.9. The van der Waals surface area contributed by atoms with Crippen LogP contribution < -0.4 is 10.6 Å². The molecule has 1 saturated carbocycles. The molecule has 2 N–H and O–H groups in total. The molecule has 104 valence electrons. The molecule has 1 aliphatic rings. The average Bonchev–Trinajstić information content (AvgIpc) is 2.40. The van der Waals surface area contributed by atoms with E-state index in [9.17, 15) is 4.79 Å². The summed E-state index contributed by atoms with van der Waals surface area (Å²) in [6.07, 6.45) is 3.23. The molecule has 0 bridgehead atoms. The molecule has 0 saturated heterocycles. The molecule has 0 unspecified atom stereocenters. The number of rotatable bonds is 6. The standard InChI is InChI=1S/C15H22N2O2/c1-3-8-16-12-6-4-11(5-7-12)15(18)17-13-9-14(10-13)19-2/h4-7,13-14,16H,3,8-10H2,1-2H3,(H,17,18). The van der Waals surface area contributed by atoms with Crippen LogP contribution in [0, 0.1) is 0 Å². The number of nitrogens with one attached hydrogen (secondary N) is 2. The first-order valence-electron chi connectivity index (χ1n) is 6.90. The van der Waals surface area contributed by atoms with Crippen molar-refractivity contribution in [3.63, 3.8) is 0 Å². The predicted molar refractivity (Wildman–Crippen MR) is 76.5 cm³/mol. The van der Waals surface area contributed by atoms with Crippen LogP contribution in [0.2, 0.25) is 0 Å². The molecule has 1 aromatic rings. The first-order chi connectivity index (χ1) is 9.22. The zero-order valence-corrected chi connectivity index (χ0v) is 11.6. The largest absolute Gasteiger partial charge is 0.385 e. The summed E-state index contributed by atoms with van der Waals surface area (Å²) in [4.78, 5) is 12.0. The van der Waals surface area contributed by atoms with Crippen molar-refractivity contribution in [1.29, 1.82) is 0 Å². The van der Waals surface area contributed by atoms with Crippen LogP contribution in [0.5, 0.6) is 0 Å². The Hall–Kier alpha value is -1.55. The van der Waals surface area contributed by atoms with Gasteiger partial charge >= 0.3 is 0 Å². The molecule has 0 aromatic heterocycles. The van der Waals surface area contributed by atoms with Crippen LogP contribution in [0.1, 0.15) is 36.5 Å². The van der Waals surface area contributed by atoms with Gasteiger partial charge in [0.1, 0.15) is 0 Å². The van der Waals surface area contributed by atoms with Crippen LogP contribution in [0.3, 0.4) is 0 Å². The Morgan fingerprint density at radius 2 is 2.00 bits per heavy atom. The van der Waals surface area contributed by atoms with Crippen molar-refractivity contribution in [2.45, 2.75) is 38.3 Å². The number of benzene rings is 1. The van der Waals surface area contributed by atoms with E-state index in [-0.39, 0.29) is 11.9 Å². The summed E-state index contributed by atoms with van der Waals surface area (Å²) < 4.78 is 5.20. The second-order valence-corrected chi connectivity index (χ2v) is 5.00. The quantitative estimate of drug-likeness (QED) is 0.827. The van der Waals surface area contributed by atoms with Crippen molar-refractivity contribution in [2.75, 3.05) is 19.0 Å². The third-order valence-electron chi connectivity index (χ3n) is 3.49. The molecule has 1 aliphatic carbocycles. The van der Waals surface area contributed by atoms with Gasteiger partial charge in [-0.25, -0.2) is 0 Å². The molecular weight excluding hydrogens is 240 g/mol. The Bertz CT molecular complexity index is 411. The van der Waals surface area contributed by atoms with Gasteiger partial charge in [-0.05, 0) is 43.5 Å². The second-order valence-electron chi connectivity index (χ2n) is 5.00. The van der Waals surface area contributed by atoms with Crippen LogP contribution in [0.15, 0.2) is 24.3 Å². The lowest BCUT2D eigenvalue weighted by atomic mass is 9.89. The molecule has 1 amide bonds. The van der Waals surface area contributed by atoms with Crippen LogP contribution in [-0.4, -0.2) is 31.7 Å². The van der Waals surface area contributed by atoms with E-state index < -0.39 is 0 Å². The number of hydrogen-bond donors (Lipinski definition) is 2. The maximum absolute atomic E-state index is 12.0. The SMILES string of the molecule is CCCNc1ccc(C(=O)NC2CC(OC)C2)cc1. The van der Waals surface area contributed by atoms with Gasteiger partial charge in [-0.15, -0.1) is 0 Å². The third-order valence-corrected chi connectivity index (χ3v) is 3.49. The molecule has 0 heterocycles. The Morgan fingerprint density at radius 3 is 2.58 bits per heavy atom. The summed E-state index contributed by atoms with van der Waals surface area (Å²) >= 11 is 0. The van der Waals surface area contributed by atoms with E-state index in [0.717, 1.165) is 31.5 Å². The highest BCUT2D eigenvalue weighted by molar-refractivity contribution is 5.94. The smallest absolute Gasteiger partial charge is 0.251 e. The molecule has 4 nitrogen and oxygen atoms in total. The molecule has 0 atom stereocenters. The van der Waals surface area contributed by atoms with E-state index in [2.05, 4.69) is 17.6 Å². The number of amides is 1. The van der Waals surface area contributed by atoms with Crippen molar-refractivity contribution >= 4 is 11.6 Å². The van der Waals surface area contributed by atoms with E-state index in [0.29, 0.717) is 11.7 Å². The van der Waals surface area contributed by atoms with Crippen molar-refractivity contribution in [3.05, 3.63) is 29.8 Å². The van der Waals surface area contributed by atoms with Gasteiger partial charge in [0.2, 0.25) is 0 Å². The number of carbonyl (C=O) groups is 1. The average molecular weight is 262 g/mol. The highest BCUT2D eigenvalue weighted by atomic mass is 16.5. The van der Waals surface area contributed by atoms with Gasteiger partial charge in [-0.3, -0.25) is 4.79 Å². The molecule has 4 heteroatoms. The molecule has 0 aliphatic heterocycles. The molecule has 1 aromatic carbocycles. The van der Waals surface area contributed by atoms with Crippen LogP contribution >= 0.6 is 0 Å². The topological polar surface area (TPSA) is 50.4 Å². The van der Waals surface area contributed by atoms with E-state index in [1.54, 1.807) is 7.11 Å². The third kappa shape index (κ3) is 3.70. The number of ether oxygens (including phenoxy) is 1. The van der Waals surface area contributed by atoms with Gasteiger partial charge in [0.25, 0.3) is 5.91 Å². The van der Waals surface area contributed by atoms with Gasteiger partial charge in [-0.1, -0.05) is 6.92 Å². The van der Waals surface area contributed by atoms with Gasteiger partial charge < -0.3 is 15.4 Å². The maximum atomic E-state index is 12.0. The van der Waals surface area contributed by atoms with E-state index in [4.69, 9.17) is 4.74 Å². The zero-order chi connectivity index (χ0) is 13.7. The molecule has 0 spiro atoms. The number of anilines is 1. The van der Waals surface area contributed by atoms with Gasteiger partial charge in [0.15, 0.2) is 0 Å². The lowest BCUT2D eigenvalue weighted by Crippen LogP contribution is -2.47. The Balaban J connectivity index is 1.82. The molecule has 0 radical (unpaired) electrons. The number of hydrogen-bond acceptors (Lipinski definition) is 3. The van der Waals surface area contributed by atoms with Crippen LogP contribution in [0.4, 0.5) is 5.69 Å². The van der Waals surface area contributed by atoms with Gasteiger partial charge in [0.05, 0.1) is 6.10 Å². The van der Waals surface area contributed by atoms with Gasteiger partial charge in [-0.2, -0.15) is 0 Å². The lowest BCUT2D eigenvalue weighted by Gasteiger charge is -2.34. The molecule has 19 heavy (non-hydrogen) atoms. The summed E-state index contributed by atoms with van der Waals surface area (Å²) in [6.45, 7) is 3.08.